The summed E-state index contributed by atoms with van der Waals surface area (Å²) in [5.41, 5.74) is 7.18. The van der Waals surface area contributed by atoms with E-state index < -0.39 is 0 Å². The van der Waals surface area contributed by atoms with E-state index in [0.717, 1.165) is 12.8 Å². The van der Waals surface area contributed by atoms with E-state index in [1.807, 2.05) is 0 Å². The number of aliphatic hydroxyl groups is 1. The first-order chi connectivity index (χ1) is 6.43. The van der Waals surface area contributed by atoms with Crippen molar-refractivity contribution in [3.05, 3.63) is 11.3 Å². The Morgan fingerprint density at radius 3 is 2.29 bits per heavy atom. The highest BCUT2D eigenvalue weighted by Gasteiger charge is 2.30. The van der Waals surface area contributed by atoms with Crippen molar-refractivity contribution in [3.8, 4) is 0 Å². The summed E-state index contributed by atoms with van der Waals surface area (Å²) >= 11 is 0. The van der Waals surface area contributed by atoms with Crippen LogP contribution in [0.5, 0.6) is 0 Å². The molecular formula is C12H23NO. The fraction of sp³-hybridized carbons (Fsp3) is 0.833. The SMILES string of the molecule is CC(C)C1=C(O)C(C(C)C)CC(N)C1. The van der Waals surface area contributed by atoms with Gasteiger partial charge in [-0.15, -0.1) is 0 Å². The van der Waals surface area contributed by atoms with Gasteiger partial charge in [-0.1, -0.05) is 27.7 Å². The van der Waals surface area contributed by atoms with Gasteiger partial charge in [0.25, 0.3) is 0 Å². The molecule has 1 aliphatic carbocycles. The Bertz CT molecular complexity index is 230. The number of rotatable bonds is 2. The van der Waals surface area contributed by atoms with Gasteiger partial charge in [-0.25, -0.2) is 0 Å². The van der Waals surface area contributed by atoms with Crippen molar-refractivity contribution >= 4 is 0 Å². The summed E-state index contributed by atoms with van der Waals surface area (Å²) in [6.45, 7) is 8.55. The van der Waals surface area contributed by atoms with E-state index in [9.17, 15) is 5.11 Å². The maximum atomic E-state index is 10.1. The van der Waals surface area contributed by atoms with Crippen molar-refractivity contribution in [2.45, 2.75) is 46.6 Å². The van der Waals surface area contributed by atoms with Crippen LogP contribution in [0.1, 0.15) is 40.5 Å². The van der Waals surface area contributed by atoms with Crippen LogP contribution in [0, 0.1) is 17.8 Å². The van der Waals surface area contributed by atoms with Gasteiger partial charge in [-0.3, -0.25) is 0 Å². The molecule has 0 heterocycles. The van der Waals surface area contributed by atoms with Gasteiger partial charge >= 0.3 is 0 Å². The van der Waals surface area contributed by atoms with Crippen LogP contribution in [0.3, 0.4) is 0 Å². The average molecular weight is 197 g/mol. The van der Waals surface area contributed by atoms with E-state index >= 15 is 0 Å². The minimum atomic E-state index is 0.232. The Morgan fingerprint density at radius 1 is 1.29 bits per heavy atom. The second-order valence-electron chi connectivity index (χ2n) is 5.12. The van der Waals surface area contributed by atoms with Crippen LogP contribution in [0.15, 0.2) is 11.3 Å². The average Bonchev–Trinajstić information content (AvgIpc) is 2.07. The first-order valence-electron chi connectivity index (χ1n) is 5.61. The zero-order valence-electron chi connectivity index (χ0n) is 9.75. The minimum Gasteiger partial charge on any atom is -0.512 e. The van der Waals surface area contributed by atoms with Crippen LogP contribution in [0.4, 0.5) is 0 Å². The predicted molar refractivity (Wildman–Crippen MR) is 60.0 cm³/mol. The standard InChI is InChI=1S/C12H23NO/c1-7(2)10-5-9(13)6-11(8(3)4)12(10)14/h7-10,14H,5-6,13H2,1-4H3. The molecule has 3 N–H and O–H groups in total. The summed E-state index contributed by atoms with van der Waals surface area (Å²) in [6.07, 6.45) is 1.80. The second-order valence-corrected chi connectivity index (χ2v) is 5.12. The van der Waals surface area contributed by atoms with Crippen LogP contribution < -0.4 is 5.73 Å². The number of nitrogens with two attached hydrogens (primary N) is 1. The highest BCUT2D eigenvalue weighted by atomic mass is 16.3. The lowest BCUT2D eigenvalue weighted by atomic mass is 9.77. The Labute approximate surface area is 87.2 Å². The molecule has 0 aromatic heterocycles. The normalized spacial score (nSPS) is 29.1. The molecule has 2 atom stereocenters. The predicted octanol–water partition coefficient (Wildman–Crippen LogP) is 2.85. The Morgan fingerprint density at radius 2 is 1.86 bits per heavy atom. The van der Waals surface area contributed by atoms with Crippen LogP contribution in [0.2, 0.25) is 0 Å². The molecular weight excluding hydrogens is 174 g/mol. The fourth-order valence-electron chi connectivity index (χ4n) is 2.27. The van der Waals surface area contributed by atoms with Gasteiger partial charge in [-0.2, -0.15) is 0 Å². The van der Waals surface area contributed by atoms with E-state index in [0.29, 0.717) is 17.6 Å². The Hall–Kier alpha value is -0.500. The minimum absolute atomic E-state index is 0.232. The zero-order valence-corrected chi connectivity index (χ0v) is 9.75. The van der Waals surface area contributed by atoms with Crippen molar-refractivity contribution < 1.29 is 5.11 Å². The van der Waals surface area contributed by atoms with E-state index in [2.05, 4.69) is 27.7 Å². The monoisotopic (exact) mass is 197 g/mol. The maximum Gasteiger partial charge on any atom is 0.0951 e. The first kappa shape index (κ1) is 11.6. The molecule has 1 rings (SSSR count). The topological polar surface area (TPSA) is 46.2 Å². The van der Waals surface area contributed by atoms with E-state index in [-0.39, 0.29) is 12.0 Å². The lowest BCUT2D eigenvalue weighted by molar-refractivity contribution is 0.227. The maximum absolute atomic E-state index is 10.1. The van der Waals surface area contributed by atoms with Crippen LogP contribution in [-0.2, 0) is 0 Å². The lowest BCUT2D eigenvalue weighted by Crippen LogP contribution is -2.33. The molecule has 0 fully saturated rings. The largest absolute Gasteiger partial charge is 0.512 e. The number of hydrogen-bond donors (Lipinski definition) is 2. The third kappa shape index (κ3) is 2.30. The summed E-state index contributed by atoms with van der Waals surface area (Å²) in [4.78, 5) is 0. The van der Waals surface area contributed by atoms with Gasteiger partial charge in [0.05, 0.1) is 5.76 Å². The molecule has 0 aromatic rings. The number of hydrogen-bond acceptors (Lipinski definition) is 2. The summed E-state index contributed by atoms with van der Waals surface area (Å²) in [5, 5.41) is 10.1. The van der Waals surface area contributed by atoms with Crippen LogP contribution >= 0.6 is 0 Å². The third-order valence-electron chi connectivity index (χ3n) is 3.22. The smallest absolute Gasteiger partial charge is 0.0951 e. The summed E-state index contributed by atoms with van der Waals surface area (Å²) < 4.78 is 0. The van der Waals surface area contributed by atoms with E-state index in [1.165, 1.54) is 5.57 Å². The van der Waals surface area contributed by atoms with Gasteiger partial charge in [0, 0.05) is 12.0 Å². The Balaban J connectivity index is 2.94. The van der Waals surface area contributed by atoms with Crippen molar-refractivity contribution in [3.63, 3.8) is 0 Å². The molecule has 0 saturated heterocycles. The molecule has 0 bridgehead atoms. The first-order valence-corrected chi connectivity index (χ1v) is 5.61. The van der Waals surface area contributed by atoms with E-state index in [4.69, 9.17) is 5.73 Å². The molecule has 0 amide bonds. The van der Waals surface area contributed by atoms with Crippen molar-refractivity contribution in [1.82, 2.24) is 0 Å². The van der Waals surface area contributed by atoms with Crippen molar-refractivity contribution in [1.29, 1.82) is 0 Å². The molecule has 2 nitrogen and oxygen atoms in total. The molecule has 0 spiro atoms. The third-order valence-corrected chi connectivity index (χ3v) is 3.22. The Kier molecular flexibility index (Phi) is 3.59. The summed E-state index contributed by atoms with van der Waals surface area (Å²) in [6, 6.07) is 0.232. The van der Waals surface area contributed by atoms with Gasteiger partial charge < -0.3 is 10.8 Å². The van der Waals surface area contributed by atoms with Crippen LogP contribution in [-0.4, -0.2) is 11.1 Å². The highest BCUT2D eigenvalue weighted by Crippen LogP contribution is 2.35. The van der Waals surface area contributed by atoms with Crippen LogP contribution in [0.25, 0.3) is 0 Å². The number of aliphatic hydroxyl groups excluding tert-OH is 1. The van der Waals surface area contributed by atoms with Gasteiger partial charge in [0.1, 0.15) is 0 Å². The van der Waals surface area contributed by atoms with Crippen molar-refractivity contribution in [2.24, 2.45) is 23.5 Å². The molecule has 0 aliphatic heterocycles. The van der Waals surface area contributed by atoms with Gasteiger partial charge in [0.2, 0.25) is 0 Å². The second kappa shape index (κ2) is 4.35. The lowest BCUT2D eigenvalue weighted by Gasteiger charge is -2.32. The van der Waals surface area contributed by atoms with Gasteiger partial charge in [-0.05, 0) is 30.3 Å². The fourth-order valence-corrected chi connectivity index (χ4v) is 2.27. The molecule has 2 unspecified atom stereocenters. The zero-order chi connectivity index (χ0) is 10.9. The van der Waals surface area contributed by atoms with Gasteiger partial charge in [0.15, 0.2) is 0 Å². The molecule has 0 saturated carbocycles. The molecule has 0 radical (unpaired) electrons. The molecule has 14 heavy (non-hydrogen) atoms. The molecule has 82 valence electrons. The summed E-state index contributed by atoms with van der Waals surface area (Å²) in [7, 11) is 0. The highest BCUT2D eigenvalue weighted by molar-refractivity contribution is 5.18. The molecule has 2 heteroatoms. The number of allylic oxidation sites excluding steroid dienone is 1. The quantitative estimate of drug-likeness (QED) is 0.715. The van der Waals surface area contributed by atoms with Crippen molar-refractivity contribution in [2.75, 3.05) is 0 Å². The summed E-state index contributed by atoms with van der Waals surface area (Å²) in [5.74, 6) is 1.80. The van der Waals surface area contributed by atoms with E-state index in [1.54, 1.807) is 0 Å². The molecule has 0 aromatic carbocycles. The molecule has 1 aliphatic rings.